The number of esters is 1. The molecule has 3 aromatic carbocycles. The Hall–Kier alpha value is -3.99. The second-order valence-corrected chi connectivity index (χ2v) is 6.53. The Morgan fingerprint density at radius 3 is 2.03 bits per heavy atom. The lowest BCUT2D eigenvalue weighted by Gasteiger charge is -2.14. The standard InChI is InChI=1S/C24H17NO4/c1-29-24(28)18-13-11-16(12-14-18)9-10-17-5-4-6-19(15-17)25-22(26)20-7-2-3-8-21(20)23(25)27/h2-15H,1H3. The summed E-state index contributed by atoms with van der Waals surface area (Å²) in [6, 6.07) is 21.1. The zero-order valence-corrected chi connectivity index (χ0v) is 15.7. The molecule has 0 N–H and O–H groups in total. The van der Waals surface area contributed by atoms with E-state index >= 15 is 0 Å². The van der Waals surface area contributed by atoms with Gasteiger partial charge in [-0.25, -0.2) is 9.69 Å². The Balaban J connectivity index is 1.57. The Kier molecular flexibility index (Phi) is 4.79. The van der Waals surface area contributed by atoms with Crippen LogP contribution < -0.4 is 4.90 Å². The zero-order chi connectivity index (χ0) is 20.4. The number of imide groups is 1. The van der Waals surface area contributed by atoms with Crippen molar-refractivity contribution in [2.75, 3.05) is 12.0 Å². The summed E-state index contributed by atoms with van der Waals surface area (Å²) in [5.74, 6) is -1.01. The summed E-state index contributed by atoms with van der Waals surface area (Å²) in [6.45, 7) is 0. The van der Waals surface area contributed by atoms with Gasteiger partial charge in [0, 0.05) is 0 Å². The van der Waals surface area contributed by atoms with Crippen LogP contribution in [0.3, 0.4) is 0 Å². The van der Waals surface area contributed by atoms with Crippen molar-refractivity contribution in [1.82, 2.24) is 0 Å². The van der Waals surface area contributed by atoms with Crippen molar-refractivity contribution in [2.45, 2.75) is 0 Å². The van der Waals surface area contributed by atoms with Crippen LogP contribution in [0.25, 0.3) is 12.2 Å². The molecule has 0 radical (unpaired) electrons. The average Bonchev–Trinajstić information content (AvgIpc) is 3.02. The molecule has 0 bridgehead atoms. The van der Waals surface area contributed by atoms with Gasteiger partial charge in [0.05, 0.1) is 29.5 Å². The zero-order valence-electron chi connectivity index (χ0n) is 15.7. The lowest BCUT2D eigenvalue weighted by Crippen LogP contribution is -2.29. The second kappa shape index (κ2) is 7.56. The van der Waals surface area contributed by atoms with Crippen molar-refractivity contribution < 1.29 is 19.1 Å². The number of carbonyl (C=O) groups excluding carboxylic acids is 3. The minimum absolute atomic E-state index is 0.315. The fourth-order valence-corrected chi connectivity index (χ4v) is 3.23. The fraction of sp³-hybridized carbons (Fsp3) is 0.0417. The van der Waals surface area contributed by atoms with E-state index in [2.05, 4.69) is 0 Å². The second-order valence-electron chi connectivity index (χ2n) is 6.53. The van der Waals surface area contributed by atoms with Crippen LogP contribution in [0.15, 0.2) is 72.8 Å². The largest absolute Gasteiger partial charge is 0.465 e. The first kappa shape index (κ1) is 18.4. The molecule has 2 amide bonds. The van der Waals surface area contributed by atoms with Gasteiger partial charge in [-0.3, -0.25) is 9.59 Å². The Labute approximate surface area is 167 Å². The molecule has 0 saturated heterocycles. The van der Waals surface area contributed by atoms with E-state index in [4.69, 9.17) is 4.74 Å². The molecule has 0 aliphatic carbocycles. The highest BCUT2D eigenvalue weighted by Crippen LogP contribution is 2.29. The molecule has 1 aliphatic heterocycles. The van der Waals surface area contributed by atoms with E-state index in [1.807, 2.05) is 30.4 Å². The predicted molar refractivity (Wildman–Crippen MR) is 111 cm³/mol. The van der Waals surface area contributed by atoms with Crippen LogP contribution in [-0.4, -0.2) is 24.9 Å². The number of carbonyl (C=O) groups is 3. The Bertz CT molecular complexity index is 1110. The summed E-state index contributed by atoms with van der Waals surface area (Å²) in [5.41, 5.74) is 3.60. The molecule has 0 spiro atoms. The summed E-state index contributed by atoms with van der Waals surface area (Å²) >= 11 is 0. The van der Waals surface area contributed by atoms with Crippen molar-refractivity contribution >= 4 is 35.6 Å². The molecule has 1 aliphatic rings. The molecular weight excluding hydrogens is 366 g/mol. The number of fused-ring (bicyclic) bond motifs is 1. The van der Waals surface area contributed by atoms with E-state index in [1.165, 1.54) is 12.0 Å². The van der Waals surface area contributed by atoms with E-state index in [0.717, 1.165) is 11.1 Å². The lowest BCUT2D eigenvalue weighted by atomic mass is 10.1. The predicted octanol–water partition coefficient (Wildman–Crippen LogP) is 4.44. The SMILES string of the molecule is COC(=O)c1ccc(C=Cc2cccc(N3C(=O)c4ccccc4C3=O)c2)cc1. The number of hydrogen-bond donors (Lipinski definition) is 0. The third-order valence-corrected chi connectivity index (χ3v) is 4.72. The van der Waals surface area contributed by atoms with Crippen LogP contribution in [0.1, 0.15) is 42.2 Å². The van der Waals surface area contributed by atoms with E-state index in [9.17, 15) is 14.4 Å². The summed E-state index contributed by atoms with van der Waals surface area (Å²) in [4.78, 5) is 38.0. The molecular formula is C24H17NO4. The number of hydrogen-bond acceptors (Lipinski definition) is 4. The van der Waals surface area contributed by atoms with Gasteiger partial charge < -0.3 is 4.74 Å². The van der Waals surface area contributed by atoms with E-state index in [-0.39, 0.29) is 17.8 Å². The summed E-state index contributed by atoms with van der Waals surface area (Å²) in [6.07, 6.45) is 3.78. The van der Waals surface area contributed by atoms with Crippen molar-refractivity contribution in [2.24, 2.45) is 0 Å². The van der Waals surface area contributed by atoms with Gasteiger partial charge in [0.25, 0.3) is 11.8 Å². The fourth-order valence-electron chi connectivity index (χ4n) is 3.23. The van der Waals surface area contributed by atoms with Gasteiger partial charge in [0.2, 0.25) is 0 Å². The van der Waals surface area contributed by atoms with Gasteiger partial charge in [-0.2, -0.15) is 0 Å². The first-order valence-electron chi connectivity index (χ1n) is 9.03. The summed E-state index contributed by atoms with van der Waals surface area (Å²) in [5, 5.41) is 0. The normalized spacial score (nSPS) is 13.1. The molecule has 4 rings (SSSR count). The average molecular weight is 383 g/mol. The van der Waals surface area contributed by atoms with Crippen LogP contribution >= 0.6 is 0 Å². The molecule has 3 aromatic rings. The van der Waals surface area contributed by atoms with Crippen LogP contribution in [0, 0.1) is 0 Å². The maximum atomic E-state index is 12.7. The van der Waals surface area contributed by atoms with Crippen LogP contribution in [0.2, 0.25) is 0 Å². The van der Waals surface area contributed by atoms with Gasteiger partial charge in [-0.05, 0) is 47.5 Å². The topological polar surface area (TPSA) is 63.7 Å². The minimum atomic E-state index is -0.380. The Morgan fingerprint density at radius 1 is 0.793 bits per heavy atom. The molecule has 0 unspecified atom stereocenters. The number of rotatable bonds is 4. The molecule has 0 saturated carbocycles. The highest BCUT2D eigenvalue weighted by molar-refractivity contribution is 6.34. The number of nitrogens with zero attached hydrogens (tertiary/aromatic N) is 1. The van der Waals surface area contributed by atoms with Gasteiger partial charge >= 0.3 is 5.97 Å². The minimum Gasteiger partial charge on any atom is -0.465 e. The van der Waals surface area contributed by atoms with Gasteiger partial charge in [0.1, 0.15) is 0 Å². The van der Waals surface area contributed by atoms with Crippen molar-refractivity contribution in [1.29, 1.82) is 0 Å². The Morgan fingerprint density at radius 2 is 1.41 bits per heavy atom. The highest BCUT2D eigenvalue weighted by atomic mass is 16.5. The third kappa shape index (κ3) is 3.46. The van der Waals surface area contributed by atoms with Gasteiger partial charge in [-0.1, -0.05) is 48.6 Å². The summed E-state index contributed by atoms with van der Waals surface area (Å²) < 4.78 is 4.69. The number of benzene rings is 3. The third-order valence-electron chi connectivity index (χ3n) is 4.72. The van der Waals surface area contributed by atoms with E-state index < -0.39 is 0 Å². The molecule has 0 aromatic heterocycles. The van der Waals surface area contributed by atoms with E-state index in [1.54, 1.807) is 54.6 Å². The quantitative estimate of drug-likeness (QED) is 0.379. The van der Waals surface area contributed by atoms with E-state index in [0.29, 0.717) is 22.4 Å². The molecule has 5 heteroatoms. The van der Waals surface area contributed by atoms with Crippen molar-refractivity contribution in [3.05, 3.63) is 101 Å². The van der Waals surface area contributed by atoms with Crippen LogP contribution in [0.4, 0.5) is 5.69 Å². The number of methoxy groups -OCH3 is 1. The maximum absolute atomic E-state index is 12.7. The monoisotopic (exact) mass is 383 g/mol. The van der Waals surface area contributed by atoms with Crippen LogP contribution in [0.5, 0.6) is 0 Å². The van der Waals surface area contributed by atoms with Crippen molar-refractivity contribution in [3.8, 4) is 0 Å². The molecule has 1 heterocycles. The number of amides is 2. The molecule has 142 valence electrons. The van der Waals surface area contributed by atoms with Gasteiger partial charge in [0.15, 0.2) is 0 Å². The lowest BCUT2D eigenvalue weighted by molar-refractivity contribution is 0.0600. The smallest absolute Gasteiger partial charge is 0.337 e. The van der Waals surface area contributed by atoms with Gasteiger partial charge in [-0.15, -0.1) is 0 Å². The first-order valence-corrected chi connectivity index (χ1v) is 9.03. The molecule has 0 fully saturated rings. The number of ether oxygens (including phenoxy) is 1. The number of anilines is 1. The molecule has 5 nitrogen and oxygen atoms in total. The van der Waals surface area contributed by atoms with Crippen LogP contribution in [-0.2, 0) is 4.74 Å². The molecule has 0 atom stereocenters. The first-order chi connectivity index (χ1) is 14.1. The van der Waals surface area contributed by atoms with Crippen molar-refractivity contribution in [3.63, 3.8) is 0 Å². The highest BCUT2D eigenvalue weighted by Gasteiger charge is 2.36. The summed E-state index contributed by atoms with van der Waals surface area (Å²) in [7, 11) is 1.34. The maximum Gasteiger partial charge on any atom is 0.337 e. The molecule has 29 heavy (non-hydrogen) atoms.